The molecule has 0 fully saturated rings. The fourth-order valence-corrected chi connectivity index (χ4v) is 3.51. The number of aromatic nitrogens is 3. The van der Waals surface area contributed by atoms with Crippen molar-refractivity contribution in [1.82, 2.24) is 25.2 Å². The summed E-state index contributed by atoms with van der Waals surface area (Å²) in [6, 6.07) is 9.42. The first kappa shape index (κ1) is 18.6. The summed E-state index contributed by atoms with van der Waals surface area (Å²) in [6.45, 7) is 3.65. The van der Waals surface area contributed by atoms with Gasteiger partial charge < -0.3 is 15.7 Å². The lowest BCUT2D eigenvalue weighted by Crippen LogP contribution is -2.38. The van der Waals surface area contributed by atoms with Gasteiger partial charge in [-0.05, 0) is 31.2 Å². The number of hydrogen-bond donors (Lipinski definition) is 3. The first-order valence-corrected chi connectivity index (χ1v) is 9.61. The third kappa shape index (κ3) is 4.72. The van der Waals surface area contributed by atoms with Crippen LogP contribution in [-0.4, -0.2) is 45.3 Å². The van der Waals surface area contributed by atoms with Crippen molar-refractivity contribution in [1.29, 1.82) is 0 Å². The second kappa shape index (κ2) is 8.98. The second-order valence-electron chi connectivity index (χ2n) is 5.60. The van der Waals surface area contributed by atoms with Gasteiger partial charge in [-0.2, -0.15) is 0 Å². The smallest absolute Gasteiger partial charge is 0.191 e. The Labute approximate surface area is 160 Å². The van der Waals surface area contributed by atoms with Gasteiger partial charge in [0.25, 0.3) is 0 Å². The zero-order valence-electron chi connectivity index (χ0n) is 14.4. The molecule has 0 saturated heterocycles. The topological polar surface area (TPSA) is 86.8 Å². The van der Waals surface area contributed by atoms with Gasteiger partial charge in [0.2, 0.25) is 0 Å². The Balaban J connectivity index is 1.56. The van der Waals surface area contributed by atoms with Crippen molar-refractivity contribution in [3.8, 4) is 0 Å². The summed E-state index contributed by atoms with van der Waals surface area (Å²) in [5.74, 6) is 1.54. The van der Waals surface area contributed by atoms with E-state index in [0.29, 0.717) is 23.3 Å². The number of hydrogen-bond acceptors (Lipinski definition) is 5. The Morgan fingerprint density at radius 1 is 1.31 bits per heavy atom. The number of fused-ring (bicyclic) bond motifs is 1. The minimum Gasteiger partial charge on any atom is -0.386 e. The maximum atomic E-state index is 10.2. The van der Waals surface area contributed by atoms with Crippen LogP contribution in [0.15, 0.2) is 41.5 Å². The maximum Gasteiger partial charge on any atom is 0.191 e. The van der Waals surface area contributed by atoms with E-state index in [1.54, 1.807) is 6.07 Å². The Kier molecular flexibility index (Phi) is 6.43. The summed E-state index contributed by atoms with van der Waals surface area (Å²) in [7, 11) is 0. The van der Waals surface area contributed by atoms with Gasteiger partial charge >= 0.3 is 0 Å². The SMILES string of the molecule is CCNC(=NCC(O)c1ccc(Cl)s1)NCCc1nnc2ccccn12. The van der Waals surface area contributed by atoms with Gasteiger partial charge in [-0.15, -0.1) is 21.5 Å². The van der Waals surface area contributed by atoms with Gasteiger partial charge in [-0.3, -0.25) is 9.39 Å². The number of halogens is 1. The Hall–Kier alpha value is -2.16. The van der Waals surface area contributed by atoms with Crippen LogP contribution in [0.25, 0.3) is 5.65 Å². The van der Waals surface area contributed by atoms with E-state index < -0.39 is 6.10 Å². The predicted molar refractivity (Wildman–Crippen MR) is 105 cm³/mol. The molecule has 138 valence electrons. The number of aliphatic hydroxyl groups excluding tert-OH is 1. The van der Waals surface area contributed by atoms with Crippen molar-refractivity contribution in [2.45, 2.75) is 19.4 Å². The van der Waals surface area contributed by atoms with Gasteiger partial charge in [-0.1, -0.05) is 17.7 Å². The summed E-state index contributed by atoms with van der Waals surface area (Å²) in [5.41, 5.74) is 0.834. The largest absolute Gasteiger partial charge is 0.386 e. The van der Waals surface area contributed by atoms with E-state index in [2.05, 4.69) is 25.8 Å². The lowest BCUT2D eigenvalue weighted by atomic mass is 10.3. The predicted octanol–water partition coefficient (Wildman–Crippen LogP) is 2.28. The first-order chi connectivity index (χ1) is 12.7. The minimum absolute atomic E-state index is 0.264. The fraction of sp³-hybridized carbons (Fsp3) is 0.353. The highest BCUT2D eigenvalue weighted by molar-refractivity contribution is 7.16. The van der Waals surface area contributed by atoms with Crippen molar-refractivity contribution in [2.75, 3.05) is 19.6 Å². The van der Waals surface area contributed by atoms with Crippen LogP contribution in [0.4, 0.5) is 0 Å². The molecule has 7 nitrogen and oxygen atoms in total. The summed E-state index contributed by atoms with van der Waals surface area (Å²) in [5, 5.41) is 25.0. The summed E-state index contributed by atoms with van der Waals surface area (Å²) in [6.07, 6.45) is 1.99. The van der Waals surface area contributed by atoms with Crippen LogP contribution in [-0.2, 0) is 6.42 Å². The van der Waals surface area contributed by atoms with Crippen molar-refractivity contribution < 1.29 is 5.11 Å². The summed E-state index contributed by atoms with van der Waals surface area (Å²) >= 11 is 7.28. The number of aliphatic imine (C=N–C) groups is 1. The van der Waals surface area contributed by atoms with Gasteiger partial charge in [0.05, 0.1) is 10.9 Å². The van der Waals surface area contributed by atoms with E-state index in [1.807, 2.05) is 41.8 Å². The van der Waals surface area contributed by atoms with E-state index >= 15 is 0 Å². The van der Waals surface area contributed by atoms with E-state index in [4.69, 9.17) is 11.6 Å². The van der Waals surface area contributed by atoms with E-state index in [1.165, 1.54) is 11.3 Å². The lowest BCUT2D eigenvalue weighted by Gasteiger charge is -2.12. The summed E-state index contributed by atoms with van der Waals surface area (Å²) < 4.78 is 2.63. The zero-order valence-corrected chi connectivity index (χ0v) is 16.0. The maximum absolute atomic E-state index is 10.2. The van der Waals surface area contributed by atoms with Crippen molar-refractivity contribution in [3.63, 3.8) is 0 Å². The molecule has 3 aromatic heterocycles. The van der Waals surface area contributed by atoms with Crippen LogP contribution < -0.4 is 10.6 Å². The van der Waals surface area contributed by atoms with Gasteiger partial charge in [0.1, 0.15) is 11.9 Å². The molecule has 0 aliphatic carbocycles. The van der Waals surface area contributed by atoms with Crippen molar-refractivity contribution in [3.05, 3.63) is 51.6 Å². The second-order valence-corrected chi connectivity index (χ2v) is 7.35. The molecule has 1 unspecified atom stereocenters. The third-order valence-corrected chi connectivity index (χ3v) is 5.05. The standard InChI is InChI=1S/C17H21ClN6OS/c1-2-19-17(21-11-12(25)13-6-7-14(18)26-13)20-9-8-16-23-22-15-5-3-4-10-24(15)16/h3-7,10,12,25H,2,8-9,11H2,1H3,(H2,19,20,21). The average Bonchev–Trinajstić information content (AvgIpc) is 3.26. The number of pyridine rings is 1. The van der Waals surface area contributed by atoms with Crippen molar-refractivity contribution >= 4 is 34.5 Å². The normalized spacial score (nSPS) is 13.1. The van der Waals surface area contributed by atoms with E-state index in [9.17, 15) is 5.11 Å². The average molecular weight is 393 g/mol. The molecule has 0 spiro atoms. The van der Waals surface area contributed by atoms with Crippen LogP contribution in [0.5, 0.6) is 0 Å². The zero-order chi connectivity index (χ0) is 18.4. The highest BCUT2D eigenvalue weighted by Crippen LogP contribution is 2.26. The van der Waals surface area contributed by atoms with Crippen LogP contribution in [0.3, 0.4) is 0 Å². The highest BCUT2D eigenvalue weighted by atomic mass is 35.5. The molecule has 0 amide bonds. The Morgan fingerprint density at radius 3 is 2.96 bits per heavy atom. The molecule has 3 aromatic rings. The molecule has 0 aliphatic heterocycles. The van der Waals surface area contributed by atoms with Gasteiger partial charge in [0.15, 0.2) is 11.6 Å². The monoisotopic (exact) mass is 392 g/mol. The molecule has 3 N–H and O–H groups in total. The molecule has 3 rings (SSSR count). The molecular formula is C17H21ClN6OS. The quantitative estimate of drug-likeness (QED) is 0.424. The van der Waals surface area contributed by atoms with Gasteiger partial charge in [-0.25, -0.2) is 0 Å². The number of nitrogens with one attached hydrogen (secondary N) is 2. The first-order valence-electron chi connectivity index (χ1n) is 8.41. The Bertz CT molecular complexity index is 877. The number of thiophene rings is 1. The van der Waals surface area contributed by atoms with Gasteiger partial charge in [0, 0.05) is 30.6 Å². The number of nitrogens with zero attached hydrogens (tertiary/aromatic N) is 4. The number of guanidine groups is 1. The minimum atomic E-state index is -0.664. The van der Waals surface area contributed by atoms with Crippen LogP contribution >= 0.6 is 22.9 Å². The number of aliphatic hydroxyl groups is 1. The molecule has 0 bridgehead atoms. The Morgan fingerprint density at radius 2 is 2.19 bits per heavy atom. The lowest BCUT2D eigenvalue weighted by molar-refractivity contribution is 0.191. The van der Waals surface area contributed by atoms with Crippen molar-refractivity contribution in [2.24, 2.45) is 4.99 Å². The van der Waals surface area contributed by atoms with Crippen LogP contribution in [0, 0.1) is 0 Å². The van der Waals surface area contributed by atoms with E-state index in [0.717, 1.165) is 22.9 Å². The molecule has 26 heavy (non-hydrogen) atoms. The molecular weight excluding hydrogens is 372 g/mol. The molecule has 0 saturated carbocycles. The number of rotatable bonds is 7. The molecule has 0 aromatic carbocycles. The molecule has 9 heteroatoms. The molecule has 1 atom stereocenters. The van der Waals surface area contributed by atoms with E-state index in [-0.39, 0.29) is 6.54 Å². The van der Waals surface area contributed by atoms with Crippen LogP contribution in [0.1, 0.15) is 23.7 Å². The fourth-order valence-electron chi connectivity index (χ4n) is 2.47. The van der Waals surface area contributed by atoms with Crippen LogP contribution in [0.2, 0.25) is 4.34 Å². The third-order valence-electron chi connectivity index (χ3n) is 3.71. The highest BCUT2D eigenvalue weighted by Gasteiger charge is 2.10. The molecule has 0 radical (unpaired) electrons. The summed E-state index contributed by atoms with van der Waals surface area (Å²) in [4.78, 5) is 5.26. The molecule has 3 heterocycles. The molecule has 0 aliphatic rings.